The number of hydrogen-bond donors (Lipinski definition) is 0. The first-order valence-electron chi connectivity index (χ1n) is 4.57. The van der Waals surface area contributed by atoms with E-state index in [0.717, 1.165) is 0 Å². The molecule has 0 N–H and O–H groups in total. The van der Waals surface area contributed by atoms with E-state index in [0.29, 0.717) is 22.8 Å². The molecular weight excluding hydrogens is 232 g/mol. The highest BCUT2D eigenvalue weighted by Crippen LogP contribution is 2.39. The lowest BCUT2D eigenvalue weighted by Gasteiger charge is -2.14. The van der Waals surface area contributed by atoms with Crippen molar-refractivity contribution in [1.82, 2.24) is 0 Å². The maximum absolute atomic E-state index is 11.6. The third kappa shape index (κ3) is 2.22. The van der Waals surface area contributed by atoms with Gasteiger partial charge in [-0.3, -0.25) is 4.79 Å². The van der Waals surface area contributed by atoms with Crippen molar-refractivity contribution in [1.29, 1.82) is 0 Å². The Labute approximate surface area is 99.1 Å². The van der Waals surface area contributed by atoms with Gasteiger partial charge in [0.1, 0.15) is 0 Å². The molecule has 0 aliphatic heterocycles. The fraction of sp³-hybridized carbons (Fsp3) is 0.364. The minimum absolute atomic E-state index is 0.105. The Morgan fingerprint density at radius 1 is 1.12 bits per heavy atom. The van der Waals surface area contributed by atoms with E-state index < -0.39 is 0 Å². The fourth-order valence-electron chi connectivity index (χ4n) is 1.39. The van der Waals surface area contributed by atoms with Gasteiger partial charge in [-0.1, -0.05) is 0 Å². The molecule has 0 heterocycles. The number of hydrogen-bond acceptors (Lipinski definition) is 4. The van der Waals surface area contributed by atoms with E-state index in [1.807, 2.05) is 0 Å². The van der Waals surface area contributed by atoms with Gasteiger partial charge in [-0.05, 0) is 12.1 Å². The maximum atomic E-state index is 11.6. The highest BCUT2D eigenvalue weighted by atomic mass is 35.5. The SMILES string of the molecule is COc1ccc(C(=O)CCl)c(OC)c1OC. The molecule has 1 aromatic rings. The van der Waals surface area contributed by atoms with E-state index in [2.05, 4.69) is 0 Å². The van der Waals surface area contributed by atoms with Gasteiger partial charge >= 0.3 is 0 Å². The molecule has 0 atom stereocenters. The number of benzene rings is 1. The Balaban J connectivity index is 3.37. The van der Waals surface area contributed by atoms with Crippen LogP contribution in [0.4, 0.5) is 0 Å². The van der Waals surface area contributed by atoms with Crippen LogP contribution in [-0.4, -0.2) is 33.0 Å². The molecule has 0 saturated heterocycles. The van der Waals surface area contributed by atoms with Gasteiger partial charge in [0.05, 0.1) is 32.8 Å². The topological polar surface area (TPSA) is 44.8 Å². The molecule has 88 valence electrons. The van der Waals surface area contributed by atoms with Crippen molar-refractivity contribution in [3.8, 4) is 17.2 Å². The maximum Gasteiger partial charge on any atom is 0.204 e. The zero-order chi connectivity index (χ0) is 12.1. The molecule has 0 aliphatic rings. The largest absolute Gasteiger partial charge is 0.493 e. The van der Waals surface area contributed by atoms with E-state index in [-0.39, 0.29) is 11.7 Å². The van der Waals surface area contributed by atoms with Crippen LogP contribution in [0.1, 0.15) is 10.4 Å². The zero-order valence-electron chi connectivity index (χ0n) is 9.37. The Morgan fingerprint density at radius 2 is 1.75 bits per heavy atom. The second-order valence-corrected chi connectivity index (χ2v) is 3.21. The monoisotopic (exact) mass is 244 g/mol. The second-order valence-electron chi connectivity index (χ2n) is 2.94. The van der Waals surface area contributed by atoms with Crippen LogP contribution in [-0.2, 0) is 0 Å². The van der Waals surface area contributed by atoms with Crippen LogP contribution < -0.4 is 14.2 Å². The molecule has 0 aliphatic carbocycles. The number of halogens is 1. The van der Waals surface area contributed by atoms with Crippen LogP contribution in [0.25, 0.3) is 0 Å². The normalized spacial score (nSPS) is 9.75. The molecule has 5 heteroatoms. The highest BCUT2D eigenvalue weighted by molar-refractivity contribution is 6.30. The van der Waals surface area contributed by atoms with E-state index in [1.54, 1.807) is 12.1 Å². The van der Waals surface area contributed by atoms with Gasteiger partial charge in [0, 0.05) is 0 Å². The summed E-state index contributed by atoms with van der Waals surface area (Å²) in [4.78, 5) is 11.6. The Bertz CT molecular complexity index is 390. The molecule has 0 bridgehead atoms. The van der Waals surface area contributed by atoms with Crippen molar-refractivity contribution in [2.75, 3.05) is 27.2 Å². The summed E-state index contributed by atoms with van der Waals surface area (Å²) in [7, 11) is 4.46. The molecule has 0 spiro atoms. The Hall–Kier alpha value is -1.42. The van der Waals surface area contributed by atoms with E-state index in [4.69, 9.17) is 25.8 Å². The van der Waals surface area contributed by atoms with Gasteiger partial charge in [0.2, 0.25) is 5.75 Å². The summed E-state index contributed by atoms with van der Waals surface area (Å²) in [6.45, 7) is 0. The Kier molecular flexibility index (Phi) is 4.43. The van der Waals surface area contributed by atoms with Crippen molar-refractivity contribution in [2.24, 2.45) is 0 Å². The predicted octanol–water partition coefficient (Wildman–Crippen LogP) is 2.13. The first-order valence-corrected chi connectivity index (χ1v) is 5.11. The van der Waals surface area contributed by atoms with Crippen molar-refractivity contribution < 1.29 is 19.0 Å². The summed E-state index contributed by atoms with van der Waals surface area (Å²) >= 11 is 5.51. The number of alkyl halides is 1. The fourth-order valence-corrected chi connectivity index (χ4v) is 1.54. The van der Waals surface area contributed by atoms with Crippen molar-refractivity contribution >= 4 is 17.4 Å². The minimum atomic E-state index is -0.223. The smallest absolute Gasteiger partial charge is 0.204 e. The number of ketones is 1. The van der Waals surface area contributed by atoms with Crippen LogP contribution in [0.5, 0.6) is 17.2 Å². The predicted molar refractivity (Wildman–Crippen MR) is 61.1 cm³/mol. The first kappa shape index (κ1) is 12.6. The molecule has 0 radical (unpaired) electrons. The molecule has 0 aromatic heterocycles. The molecule has 1 rings (SSSR count). The number of carbonyl (C=O) groups excluding carboxylic acids is 1. The number of ether oxygens (including phenoxy) is 3. The summed E-state index contributed by atoms with van der Waals surface area (Å²) in [5.74, 6) is 0.907. The lowest BCUT2D eigenvalue weighted by molar-refractivity contribution is 0.101. The van der Waals surface area contributed by atoms with E-state index in [9.17, 15) is 4.79 Å². The minimum Gasteiger partial charge on any atom is -0.493 e. The molecule has 0 amide bonds. The molecule has 0 unspecified atom stereocenters. The molecule has 4 nitrogen and oxygen atoms in total. The third-order valence-electron chi connectivity index (χ3n) is 2.13. The quantitative estimate of drug-likeness (QED) is 0.588. The van der Waals surface area contributed by atoms with Crippen LogP contribution in [0.2, 0.25) is 0 Å². The molecule has 0 saturated carbocycles. The summed E-state index contributed by atoms with van der Waals surface area (Å²) in [6.07, 6.45) is 0. The van der Waals surface area contributed by atoms with Gasteiger partial charge in [-0.15, -0.1) is 11.6 Å². The van der Waals surface area contributed by atoms with Gasteiger partial charge in [0.15, 0.2) is 17.3 Å². The summed E-state index contributed by atoms with van der Waals surface area (Å²) < 4.78 is 15.4. The average molecular weight is 245 g/mol. The number of carbonyl (C=O) groups is 1. The highest BCUT2D eigenvalue weighted by Gasteiger charge is 2.19. The van der Waals surface area contributed by atoms with Gasteiger partial charge < -0.3 is 14.2 Å². The van der Waals surface area contributed by atoms with Crippen LogP contribution >= 0.6 is 11.6 Å². The van der Waals surface area contributed by atoms with E-state index in [1.165, 1.54) is 21.3 Å². The number of methoxy groups -OCH3 is 3. The number of Topliss-reactive ketones (excluding diaryl/α,β-unsaturated/α-hetero) is 1. The third-order valence-corrected chi connectivity index (χ3v) is 2.37. The average Bonchev–Trinajstić information content (AvgIpc) is 2.35. The molecule has 1 aromatic carbocycles. The summed E-state index contributed by atoms with van der Waals surface area (Å²) in [5.41, 5.74) is 0.384. The van der Waals surface area contributed by atoms with Crippen molar-refractivity contribution in [3.05, 3.63) is 17.7 Å². The summed E-state index contributed by atoms with van der Waals surface area (Å²) in [5, 5.41) is 0. The zero-order valence-corrected chi connectivity index (χ0v) is 10.1. The number of rotatable bonds is 5. The molecule has 0 fully saturated rings. The lowest BCUT2D eigenvalue weighted by Crippen LogP contribution is -2.05. The second kappa shape index (κ2) is 5.61. The Morgan fingerprint density at radius 3 is 2.19 bits per heavy atom. The lowest BCUT2D eigenvalue weighted by atomic mass is 10.1. The van der Waals surface area contributed by atoms with Crippen LogP contribution in [0.3, 0.4) is 0 Å². The summed E-state index contributed by atoms with van der Waals surface area (Å²) in [6, 6.07) is 3.24. The molecular formula is C11H13ClO4. The van der Waals surface area contributed by atoms with Gasteiger partial charge in [-0.2, -0.15) is 0 Å². The van der Waals surface area contributed by atoms with Crippen molar-refractivity contribution in [3.63, 3.8) is 0 Å². The standard InChI is InChI=1S/C11H13ClO4/c1-14-9-5-4-7(8(13)6-12)10(15-2)11(9)16-3/h4-5H,6H2,1-3H3. The molecule has 16 heavy (non-hydrogen) atoms. The van der Waals surface area contributed by atoms with Crippen LogP contribution in [0.15, 0.2) is 12.1 Å². The van der Waals surface area contributed by atoms with Gasteiger partial charge in [-0.25, -0.2) is 0 Å². The van der Waals surface area contributed by atoms with Crippen LogP contribution in [0, 0.1) is 0 Å². The van der Waals surface area contributed by atoms with Crippen molar-refractivity contribution in [2.45, 2.75) is 0 Å². The van der Waals surface area contributed by atoms with Gasteiger partial charge in [0.25, 0.3) is 0 Å². The van der Waals surface area contributed by atoms with E-state index >= 15 is 0 Å². The first-order chi connectivity index (χ1) is 7.69.